The van der Waals surface area contributed by atoms with E-state index < -0.39 is 0 Å². The van der Waals surface area contributed by atoms with Crippen LogP contribution in [0.5, 0.6) is 5.88 Å². The van der Waals surface area contributed by atoms with Gasteiger partial charge in [0, 0.05) is 29.8 Å². The van der Waals surface area contributed by atoms with Crippen molar-refractivity contribution in [1.82, 2.24) is 19.9 Å². The van der Waals surface area contributed by atoms with Crippen LogP contribution in [-0.2, 0) is 4.79 Å². The molecule has 3 aromatic rings. The van der Waals surface area contributed by atoms with Crippen LogP contribution >= 0.6 is 11.3 Å². The number of hydrogen-bond donors (Lipinski definition) is 1. The minimum absolute atomic E-state index is 0.0949. The van der Waals surface area contributed by atoms with E-state index >= 15 is 0 Å². The number of aryl methyl sites for hydroxylation is 1. The molecule has 1 saturated heterocycles. The van der Waals surface area contributed by atoms with Crippen LogP contribution in [0.2, 0.25) is 0 Å². The Morgan fingerprint density at radius 2 is 2.22 bits per heavy atom. The molecule has 1 saturated carbocycles. The predicted octanol–water partition coefficient (Wildman–Crippen LogP) is 3.71. The molecule has 1 unspecified atom stereocenters. The quantitative estimate of drug-likeness (QED) is 0.730. The third-order valence-corrected chi connectivity index (χ3v) is 6.45. The number of imidazole rings is 1. The third-order valence-electron chi connectivity index (χ3n) is 5.42. The van der Waals surface area contributed by atoms with Crippen molar-refractivity contribution < 1.29 is 9.53 Å². The molecule has 6 nitrogen and oxygen atoms in total. The molecule has 5 rings (SSSR count). The van der Waals surface area contributed by atoms with E-state index in [1.54, 1.807) is 11.3 Å². The molecule has 27 heavy (non-hydrogen) atoms. The highest BCUT2D eigenvalue weighted by molar-refractivity contribution is 7.15. The highest BCUT2D eigenvalue weighted by Gasteiger charge is 2.31. The van der Waals surface area contributed by atoms with Gasteiger partial charge in [-0.25, -0.2) is 9.97 Å². The van der Waals surface area contributed by atoms with Crippen LogP contribution < -0.4 is 10.1 Å². The number of thiophene rings is 1. The zero-order valence-corrected chi connectivity index (χ0v) is 16.3. The van der Waals surface area contributed by atoms with Gasteiger partial charge in [-0.1, -0.05) is 0 Å². The first-order chi connectivity index (χ1) is 13.1. The summed E-state index contributed by atoms with van der Waals surface area (Å²) < 4.78 is 8.55. The summed E-state index contributed by atoms with van der Waals surface area (Å²) in [5.74, 6) is 0.892. The van der Waals surface area contributed by atoms with Crippen molar-refractivity contribution in [3.05, 3.63) is 29.4 Å². The first kappa shape index (κ1) is 16.7. The van der Waals surface area contributed by atoms with Gasteiger partial charge in [-0.05, 0) is 44.9 Å². The van der Waals surface area contributed by atoms with Crippen LogP contribution in [0.25, 0.3) is 21.6 Å². The fourth-order valence-electron chi connectivity index (χ4n) is 3.67. The van der Waals surface area contributed by atoms with Gasteiger partial charge in [0.25, 0.3) is 0 Å². The van der Waals surface area contributed by atoms with Crippen molar-refractivity contribution in [2.45, 2.75) is 45.3 Å². The van der Waals surface area contributed by atoms with Crippen LogP contribution in [0.1, 0.15) is 37.1 Å². The highest BCUT2D eigenvalue weighted by atomic mass is 32.1. The summed E-state index contributed by atoms with van der Waals surface area (Å²) in [7, 11) is 0. The Hall–Kier alpha value is -2.41. The molecular weight excluding hydrogens is 360 g/mol. The summed E-state index contributed by atoms with van der Waals surface area (Å²) in [5.41, 5.74) is 2.78. The maximum Gasteiger partial charge on any atom is 0.241 e. The predicted molar refractivity (Wildman–Crippen MR) is 105 cm³/mol. The summed E-state index contributed by atoms with van der Waals surface area (Å²) in [6.07, 6.45) is 4.67. The summed E-state index contributed by atoms with van der Waals surface area (Å²) in [5, 5.41) is 2.89. The van der Waals surface area contributed by atoms with E-state index in [2.05, 4.69) is 40.0 Å². The van der Waals surface area contributed by atoms with Crippen molar-refractivity contribution in [2.75, 3.05) is 6.54 Å². The summed E-state index contributed by atoms with van der Waals surface area (Å²) in [4.78, 5) is 23.5. The average Bonchev–Trinajstić information content (AvgIpc) is 3.04. The number of nitrogens with one attached hydrogen (secondary N) is 1. The maximum atomic E-state index is 11.6. The van der Waals surface area contributed by atoms with E-state index in [0.717, 1.165) is 21.6 Å². The Balaban J connectivity index is 1.56. The fraction of sp³-hybridized carbons (Fsp3) is 0.450. The van der Waals surface area contributed by atoms with Gasteiger partial charge in [0.05, 0.1) is 22.4 Å². The number of hydrogen-bond acceptors (Lipinski definition) is 5. The Kier molecular flexibility index (Phi) is 3.93. The Morgan fingerprint density at radius 3 is 2.89 bits per heavy atom. The summed E-state index contributed by atoms with van der Waals surface area (Å²) in [6.45, 7) is 4.78. The normalized spacial score (nSPS) is 20.8. The number of carbonyl (C=O) groups is 1. The molecule has 3 aromatic heterocycles. The van der Waals surface area contributed by atoms with Gasteiger partial charge < -0.3 is 14.6 Å². The van der Waals surface area contributed by atoms with Crippen LogP contribution in [0.3, 0.4) is 0 Å². The first-order valence-corrected chi connectivity index (χ1v) is 10.3. The van der Waals surface area contributed by atoms with Crippen LogP contribution in [0.4, 0.5) is 0 Å². The largest absolute Gasteiger partial charge is 0.473 e. The smallest absolute Gasteiger partial charge is 0.241 e. The lowest BCUT2D eigenvalue weighted by Crippen LogP contribution is -2.26. The highest BCUT2D eigenvalue weighted by Crippen LogP contribution is 2.41. The molecule has 1 N–H and O–H groups in total. The van der Waals surface area contributed by atoms with Crippen molar-refractivity contribution in [2.24, 2.45) is 5.92 Å². The molecule has 2 aliphatic rings. The number of amides is 1. The van der Waals surface area contributed by atoms with Crippen molar-refractivity contribution in [1.29, 1.82) is 0 Å². The second-order valence-electron chi connectivity index (χ2n) is 7.56. The zero-order chi connectivity index (χ0) is 18.5. The second kappa shape index (κ2) is 6.34. The van der Waals surface area contributed by atoms with E-state index in [1.165, 1.54) is 17.7 Å². The van der Waals surface area contributed by atoms with Crippen LogP contribution in [0.15, 0.2) is 24.5 Å². The molecule has 0 bridgehead atoms. The Morgan fingerprint density at radius 1 is 1.37 bits per heavy atom. The molecule has 2 atom stereocenters. The monoisotopic (exact) mass is 382 g/mol. The van der Waals surface area contributed by atoms with Gasteiger partial charge in [-0.3, -0.25) is 4.79 Å². The van der Waals surface area contributed by atoms with Gasteiger partial charge >= 0.3 is 0 Å². The van der Waals surface area contributed by atoms with Gasteiger partial charge in [0.2, 0.25) is 11.8 Å². The molecule has 1 aliphatic heterocycles. The summed E-state index contributed by atoms with van der Waals surface area (Å²) in [6, 6.07) is 6.75. The van der Waals surface area contributed by atoms with Gasteiger partial charge in [-0.15, -0.1) is 11.3 Å². The maximum absolute atomic E-state index is 11.6. The number of rotatable bonds is 5. The van der Waals surface area contributed by atoms with Crippen molar-refractivity contribution in [3.63, 3.8) is 0 Å². The molecule has 140 valence electrons. The van der Waals surface area contributed by atoms with E-state index in [0.29, 0.717) is 24.9 Å². The molecule has 0 radical (unpaired) electrons. The fourth-order valence-corrected chi connectivity index (χ4v) is 4.50. The van der Waals surface area contributed by atoms with Gasteiger partial charge in [0.1, 0.15) is 11.6 Å². The van der Waals surface area contributed by atoms with E-state index in [4.69, 9.17) is 9.72 Å². The molecule has 1 aliphatic carbocycles. The average molecular weight is 382 g/mol. The van der Waals surface area contributed by atoms with E-state index in [1.807, 2.05) is 13.3 Å². The van der Waals surface area contributed by atoms with Crippen LogP contribution in [0, 0.1) is 12.8 Å². The van der Waals surface area contributed by atoms with Crippen LogP contribution in [-0.4, -0.2) is 33.1 Å². The SMILES string of the molecule is Cc1ccc(-c2cc3ncn(C4CC4)c3c(O[C@H](C)C3CNC(=O)C3)n2)s1. The Labute approximate surface area is 161 Å². The standard InChI is InChI=1S/C20H22N4O2S/c1-11-3-6-17(27-11)15-8-16-19(24(10-22-16)14-4-5-14)20(23-15)26-12(2)13-7-18(25)21-9-13/h3,6,8,10,12-14H,4-5,7,9H2,1-2H3,(H,21,25)/t12-,13?/m1/s1. The number of ether oxygens (including phenoxy) is 1. The lowest BCUT2D eigenvalue weighted by molar-refractivity contribution is -0.119. The van der Waals surface area contributed by atoms with Crippen molar-refractivity contribution in [3.8, 4) is 16.5 Å². The molecule has 1 amide bonds. The van der Waals surface area contributed by atoms with Crippen molar-refractivity contribution >= 4 is 28.3 Å². The number of fused-ring (bicyclic) bond motifs is 1. The number of carbonyl (C=O) groups excluding carboxylic acids is 1. The molecule has 2 fully saturated rings. The van der Waals surface area contributed by atoms with E-state index in [-0.39, 0.29) is 17.9 Å². The zero-order valence-electron chi connectivity index (χ0n) is 15.4. The lowest BCUT2D eigenvalue weighted by Gasteiger charge is -2.20. The van der Waals surface area contributed by atoms with Gasteiger partial charge in [0.15, 0.2) is 0 Å². The molecular formula is C20H22N4O2S. The van der Waals surface area contributed by atoms with E-state index in [9.17, 15) is 4.79 Å². The first-order valence-electron chi connectivity index (χ1n) is 9.46. The molecule has 4 heterocycles. The molecule has 7 heteroatoms. The molecule has 0 aromatic carbocycles. The second-order valence-corrected chi connectivity index (χ2v) is 8.85. The molecule has 0 spiro atoms. The lowest BCUT2D eigenvalue weighted by atomic mass is 10.0. The number of pyridine rings is 1. The number of nitrogens with zero attached hydrogens (tertiary/aromatic N) is 3. The summed E-state index contributed by atoms with van der Waals surface area (Å²) >= 11 is 1.72. The van der Waals surface area contributed by atoms with Gasteiger partial charge in [-0.2, -0.15) is 0 Å². The minimum Gasteiger partial charge on any atom is -0.473 e. The number of aromatic nitrogens is 3. The Bertz CT molecular complexity index is 1020. The topological polar surface area (TPSA) is 69.0 Å². The third kappa shape index (κ3) is 3.10. The minimum atomic E-state index is -0.0949.